The first-order chi connectivity index (χ1) is 15.9. The number of hydrogen-bond donors (Lipinski definition) is 0. The van der Waals surface area contributed by atoms with Crippen LogP contribution >= 0.6 is 11.8 Å². The maximum absolute atomic E-state index is 13.1. The number of carbonyl (C=O) groups excluding carboxylic acids is 1. The van der Waals surface area contributed by atoms with Gasteiger partial charge in [0.15, 0.2) is 0 Å². The maximum Gasteiger partial charge on any atom is 0.292 e. The largest absolute Gasteiger partial charge is 0.379 e. The zero-order valence-corrected chi connectivity index (χ0v) is 20.1. The average molecular weight is 465 g/mol. The second-order valence-electron chi connectivity index (χ2n) is 9.73. The van der Waals surface area contributed by atoms with Crippen LogP contribution in [0.1, 0.15) is 49.0 Å². The molecule has 1 amide bonds. The molecule has 8 heteroatoms. The quantitative estimate of drug-likeness (QED) is 0.654. The fourth-order valence-corrected chi connectivity index (χ4v) is 6.10. The van der Waals surface area contributed by atoms with Crippen molar-refractivity contribution >= 4 is 28.3 Å². The summed E-state index contributed by atoms with van der Waals surface area (Å²) < 4.78 is 11.8. The Balaban J connectivity index is 1.43. The van der Waals surface area contributed by atoms with Crippen molar-refractivity contribution in [3.63, 3.8) is 0 Å². The summed E-state index contributed by atoms with van der Waals surface area (Å²) in [7, 11) is 0. The molecule has 1 fully saturated rings. The smallest absolute Gasteiger partial charge is 0.292 e. The highest BCUT2D eigenvalue weighted by atomic mass is 32.2. The average Bonchev–Trinajstić information content (AvgIpc) is 3.10. The maximum atomic E-state index is 13.1. The van der Waals surface area contributed by atoms with Gasteiger partial charge in [0.05, 0.1) is 55.1 Å². The molecule has 4 aliphatic rings. The van der Waals surface area contributed by atoms with E-state index >= 15 is 0 Å². The van der Waals surface area contributed by atoms with Gasteiger partial charge in [0.1, 0.15) is 5.03 Å². The molecule has 1 aliphatic carbocycles. The number of fused-ring (bicyclic) bond motifs is 3. The second-order valence-corrected chi connectivity index (χ2v) is 10.7. The molecular formula is C25H28N4O3S. The number of hydrogen-bond acceptors (Lipinski definition) is 7. The zero-order chi connectivity index (χ0) is 22.7. The molecule has 6 rings (SSSR count). The van der Waals surface area contributed by atoms with E-state index in [-0.39, 0.29) is 16.9 Å². The van der Waals surface area contributed by atoms with Crippen molar-refractivity contribution in [2.45, 2.75) is 50.4 Å². The number of aryl methyl sites for hydroxylation is 1. The van der Waals surface area contributed by atoms with Crippen LogP contribution in [0.3, 0.4) is 0 Å². The van der Waals surface area contributed by atoms with Gasteiger partial charge in [-0.15, -0.1) is 0 Å². The van der Waals surface area contributed by atoms with Crippen LogP contribution in [0.4, 0.5) is 10.5 Å². The summed E-state index contributed by atoms with van der Waals surface area (Å²) in [5.41, 5.74) is 7.18. The Labute approximate surface area is 198 Å². The third-order valence-electron chi connectivity index (χ3n) is 6.97. The molecule has 0 spiro atoms. The van der Waals surface area contributed by atoms with Crippen LogP contribution in [0.15, 0.2) is 34.9 Å². The van der Waals surface area contributed by atoms with E-state index in [1.165, 1.54) is 22.9 Å². The van der Waals surface area contributed by atoms with Gasteiger partial charge in [0.2, 0.25) is 0 Å². The fraction of sp³-hybridized carbons (Fsp3) is 0.480. The molecule has 1 unspecified atom stereocenters. The van der Waals surface area contributed by atoms with E-state index in [2.05, 4.69) is 18.7 Å². The topological polar surface area (TPSA) is 67.8 Å². The first kappa shape index (κ1) is 21.3. The number of amides is 1. The molecule has 0 radical (unpaired) electrons. The number of para-hydroxylation sites is 1. The number of ether oxygens (including phenoxy) is 2. The Bertz CT molecular complexity index is 1170. The highest BCUT2D eigenvalue weighted by molar-refractivity contribution is 8.14. The van der Waals surface area contributed by atoms with Crippen LogP contribution in [0.2, 0.25) is 0 Å². The van der Waals surface area contributed by atoms with Crippen LogP contribution in [-0.4, -0.2) is 58.6 Å². The Kier molecular flexibility index (Phi) is 5.10. The summed E-state index contributed by atoms with van der Waals surface area (Å²) in [6.45, 7) is 10.5. The summed E-state index contributed by atoms with van der Waals surface area (Å²) in [6.07, 6.45) is 0.817. The van der Waals surface area contributed by atoms with Crippen LogP contribution < -0.4 is 4.90 Å². The number of thioether (sulfide) groups is 1. The number of aromatic nitrogens is 2. The third-order valence-corrected chi connectivity index (χ3v) is 7.89. The van der Waals surface area contributed by atoms with E-state index in [0.29, 0.717) is 13.2 Å². The van der Waals surface area contributed by atoms with Crippen molar-refractivity contribution in [1.82, 2.24) is 14.9 Å². The van der Waals surface area contributed by atoms with Gasteiger partial charge < -0.3 is 9.47 Å². The molecule has 0 bridgehead atoms. The van der Waals surface area contributed by atoms with Gasteiger partial charge >= 0.3 is 0 Å². The molecule has 3 aliphatic heterocycles. The lowest BCUT2D eigenvalue weighted by Crippen LogP contribution is -2.41. The first-order valence-electron chi connectivity index (χ1n) is 11.5. The van der Waals surface area contributed by atoms with Gasteiger partial charge in [0, 0.05) is 25.2 Å². The van der Waals surface area contributed by atoms with Crippen LogP contribution in [-0.2, 0) is 16.0 Å². The molecule has 7 nitrogen and oxygen atoms in total. The summed E-state index contributed by atoms with van der Waals surface area (Å²) in [5, 5.41) is 0.732. The number of benzene rings is 1. The molecule has 1 aromatic carbocycles. The minimum Gasteiger partial charge on any atom is -0.379 e. The lowest BCUT2D eigenvalue weighted by atomic mass is 9.91. The van der Waals surface area contributed by atoms with E-state index < -0.39 is 0 Å². The van der Waals surface area contributed by atoms with Gasteiger partial charge in [-0.2, -0.15) is 0 Å². The van der Waals surface area contributed by atoms with Crippen molar-refractivity contribution in [2.75, 3.05) is 37.8 Å². The lowest BCUT2D eigenvalue weighted by molar-refractivity contribution is -0.0193. The van der Waals surface area contributed by atoms with E-state index in [1.54, 1.807) is 0 Å². The van der Waals surface area contributed by atoms with Crippen LogP contribution in [0.5, 0.6) is 0 Å². The number of rotatable bonds is 2. The minimum absolute atomic E-state index is 0.00541. The summed E-state index contributed by atoms with van der Waals surface area (Å²) >= 11 is 1.19. The summed E-state index contributed by atoms with van der Waals surface area (Å²) in [6, 6.07) is 8.05. The highest BCUT2D eigenvalue weighted by Crippen LogP contribution is 2.50. The highest BCUT2D eigenvalue weighted by Gasteiger charge is 2.44. The minimum atomic E-state index is -0.231. The molecule has 0 saturated carbocycles. The Morgan fingerprint density at radius 3 is 2.73 bits per heavy atom. The number of nitrogens with zero attached hydrogens (tertiary/aromatic N) is 4. The van der Waals surface area contributed by atoms with E-state index in [0.717, 1.165) is 66.1 Å². The van der Waals surface area contributed by atoms with Gasteiger partial charge in [-0.25, -0.2) is 9.97 Å². The molecular weight excluding hydrogens is 436 g/mol. The Hall–Kier alpha value is -2.26. The molecule has 1 aromatic heterocycles. The predicted octanol–water partition coefficient (Wildman–Crippen LogP) is 4.36. The van der Waals surface area contributed by atoms with E-state index in [1.807, 2.05) is 36.1 Å². The van der Waals surface area contributed by atoms with Crippen molar-refractivity contribution in [3.8, 4) is 0 Å². The number of carbonyl (C=O) groups is 1. The van der Waals surface area contributed by atoms with Crippen LogP contribution in [0.25, 0.3) is 5.57 Å². The second kappa shape index (κ2) is 7.91. The molecule has 2 aromatic rings. The SMILES string of the molecule is Cc1ccccc1N1Cc2nc3c(nc2SC1=O)C(N1CCOCC1)C1=C3CC(C)(C)OC1. The Morgan fingerprint density at radius 1 is 1.15 bits per heavy atom. The van der Waals surface area contributed by atoms with Gasteiger partial charge in [-0.3, -0.25) is 14.6 Å². The standard InChI is InChI=1S/C25H28N4O3S/c1-15-6-4-5-7-19(15)29-13-18-23(33-24(29)30)27-21-20(26-18)16-12-25(2,3)32-14-17(16)22(21)28-8-10-31-11-9-28/h4-7,22H,8-14H2,1-3H3. The summed E-state index contributed by atoms with van der Waals surface area (Å²) in [5.74, 6) is 0. The molecule has 33 heavy (non-hydrogen) atoms. The van der Waals surface area contributed by atoms with Crippen molar-refractivity contribution in [1.29, 1.82) is 0 Å². The molecule has 0 N–H and O–H groups in total. The van der Waals surface area contributed by atoms with Gasteiger partial charge in [-0.1, -0.05) is 18.2 Å². The van der Waals surface area contributed by atoms with Crippen molar-refractivity contribution in [3.05, 3.63) is 52.5 Å². The van der Waals surface area contributed by atoms with Gasteiger partial charge in [-0.05, 0) is 55.3 Å². The van der Waals surface area contributed by atoms with Crippen LogP contribution in [0, 0.1) is 6.92 Å². The first-order valence-corrected chi connectivity index (χ1v) is 12.4. The fourth-order valence-electron chi connectivity index (χ4n) is 5.29. The predicted molar refractivity (Wildman–Crippen MR) is 127 cm³/mol. The molecule has 1 atom stereocenters. The third kappa shape index (κ3) is 3.60. The van der Waals surface area contributed by atoms with Crippen molar-refractivity contribution in [2.24, 2.45) is 0 Å². The van der Waals surface area contributed by atoms with E-state index in [4.69, 9.17) is 19.4 Å². The molecule has 1 saturated heterocycles. The monoisotopic (exact) mass is 464 g/mol. The summed E-state index contributed by atoms with van der Waals surface area (Å²) in [4.78, 5) is 27.6. The normalized spacial score (nSPS) is 24.5. The lowest BCUT2D eigenvalue weighted by Gasteiger charge is -2.37. The zero-order valence-electron chi connectivity index (χ0n) is 19.3. The van der Waals surface area contributed by atoms with E-state index in [9.17, 15) is 4.79 Å². The molecule has 4 heterocycles. The Morgan fingerprint density at radius 2 is 1.94 bits per heavy atom. The van der Waals surface area contributed by atoms with Gasteiger partial charge in [0.25, 0.3) is 5.24 Å². The molecule has 172 valence electrons. The van der Waals surface area contributed by atoms with Crippen molar-refractivity contribution < 1.29 is 14.3 Å². The number of morpholine rings is 1. The number of anilines is 1.